The van der Waals surface area contributed by atoms with Crippen molar-refractivity contribution in [3.8, 4) is 11.4 Å². The third-order valence-corrected chi connectivity index (χ3v) is 7.21. The smallest absolute Gasteiger partial charge is 0.234 e. The Labute approximate surface area is 200 Å². The van der Waals surface area contributed by atoms with Gasteiger partial charge in [-0.2, -0.15) is 0 Å². The number of nitrogens with one attached hydrogen (secondary N) is 2. The van der Waals surface area contributed by atoms with Crippen LogP contribution < -0.4 is 5.32 Å². The van der Waals surface area contributed by atoms with Crippen LogP contribution in [0.3, 0.4) is 0 Å². The minimum Gasteiger partial charge on any atom is -0.376 e. The fourth-order valence-corrected chi connectivity index (χ4v) is 4.99. The SMILES string of the molecule is Cc1c(Cl)cccc1NC(=O)CSc1nnc(-c2c[nH]c3ccccc23)n1CC1CCCO1. The number of benzene rings is 2. The molecule has 5 rings (SSSR count). The van der Waals surface area contributed by atoms with E-state index in [4.69, 9.17) is 16.3 Å². The molecule has 9 heteroatoms. The van der Waals surface area contributed by atoms with E-state index in [2.05, 4.69) is 31.1 Å². The molecule has 33 heavy (non-hydrogen) atoms. The van der Waals surface area contributed by atoms with Crippen molar-refractivity contribution >= 4 is 45.9 Å². The third kappa shape index (κ3) is 4.64. The highest BCUT2D eigenvalue weighted by molar-refractivity contribution is 7.99. The summed E-state index contributed by atoms with van der Waals surface area (Å²) in [5.74, 6) is 0.867. The zero-order valence-electron chi connectivity index (χ0n) is 18.2. The van der Waals surface area contributed by atoms with Crippen LogP contribution in [-0.2, 0) is 16.1 Å². The highest BCUT2D eigenvalue weighted by atomic mass is 35.5. The molecule has 3 heterocycles. The first-order valence-electron chi connectivity index (χ1n) is 10.9. The summed E-state index contributed by atoms with van der Waals surface area (Å²) >= 11 is 7.54. The van der Waals surface area contributed by atoms with Gasteiger partial charge in [-0.1, -0.05) is 47.6 Å². The Morgan fingerprint density at radius 3 is 3.00 bits per heavy atom. The van der Waals surface area contributed by atoms with Crippen LogP contribution >= 0.6 is 23.4 Å². The van der Waals surface area contributed by atoms with Gasteiger partial charge in [0.25, 0.3) is 0 Å². The number of nitrogens with zero attached hydrogens (tertiary/aromatic N) is 3. The van der Waals surface area contributed by atoms with Crippen LogP contribution in [0.25, 0.3) is 22.3 Å². The quantitative estimate of drug-likeness (QED) is 0.350. The van der Waals surface area contributed by atoms with E-state index in [-0.39, 0.29) is 17.8 Å². The van der Waals surface area contributed by atoms with E-state index >= 15 is 0 Å². The van der Waals surface area contributed by atoms with E-state index in [1.54, 1.807) is 6.07 Å². The number of thioether (sulfide) groups is 1. The molecule has 1 aliphatic heterocycles. The zero-order valence-corrected chi connectivity index (χ0v) is 19.7. The molecule has 2 aromatic carbocycles. The summed E-state index contributed by atoms with van der Waals surface area (Å²) in [6, 6.07) is 13.6. The van der Waals surface area contributed by atoms with Crippen molar-refractivity contribution < 1.29 is 9.53 Å². The number of rotatable bonds is 7. The van der Waals surface area contributed by atoms with Gasteiger partial charge in [0.1, 0.15) is 0 Å². The number of halogens is 1. The summed E-state index contributed by atoms with van der Waals surface area (Å²) in [6.45, 7) is 3.31. The van der Waals surface area contributed by atoms with E-state index in [0.29, 0.717) is 22.4 Å². The van der Waals surface area contributed by atoms with Crippen molar-refractivity contribution in [1.82, 2.24) is 19.7 Å². The first-order chi connectivity index (χ1) is 16.1. The lowest BCUT2D eigenvalue weighted by Gasteiger charge is -2.14. The number of anilines is 1. The van der Waals surface area contributed by atoms with Crippen LogP contribution in [0.2, 0.25) is 5.02 Å². The zero-order chi connectivity index (χ0) is 22.8. The largest absolute Gasteiger partial charge is 0.376 e. The molecular formula is C24H24ClN5O2S. The van der Waals surface area contributed by atoms with Gasteiger partial charge in [-0.3, -0.25) is 9.36 Å². The number of ether oxygens (including phenoxy) is 1. The molecule has 0 radical (unpaired) electrons. The molecule has 2 N–H and O–H groups in total. The number of hydrogen-bond donors (Lipinski definition) is 2. The van der Waals surface area contributed by atoms with Crippen molar-refractivity contribution in [1.29, 1.82) is 0 Å². The molecular weight excluding hydrogens is 458 g/mol. The van der Waals surface area contributed by atoms with Crippen molar-refractivity contribution in [2.75, 3.05) is 17.7 Å². The van der Waals surface area contributed by atoms with Crippen LogP contribution in [0.5, 0.6) is 0 Å². The minimum atomic E-state index is -0.120. The van der Waals surface area contributed by atoms with Crippen LogP contribution in [-0.4, -0.2) is 44.1 Å². The van der Waals surface area contributed by atoms with Gasteiger partial charge in [0, 0.05) is 40.0 Å². The van der Waals surface area contributed by atoms with Crippen molar-refractivity contribution in [2.24, 2.45) is 0 Å². The number of aromatic amines is 1. The number of fused-ring (bicyclic) bond motifs is 1. The Morgan fingerprint density at radius 1 is 1.27 bits per heavy atom. The van der Waals surface area contributed by atoms with Crippen molar-refractivity contribution in [3.63, 3.8) is 0 Å². The molecule has 0 bridgehead atoms. The third-order valence-electron chi connectivity index (χ3n) is 5.83. The van der Waals surface area contributed by atoms with E-state index in [0.717, 1.165) is 47.3 Å². The Balaban J connectivity index is 1.39. The molecule has 0 aliphatic carbocycles. The van der Waals surface area contributed by atoms with Gasteiger partial charge in [0.2, 0.25) is 5.91 Å². The average Bonchev–Trinajstić information content (AvgIpc) is 3.56. The van der Waals surface area contributed by atoms with Gasteiger partial charge in [-0.05, 0) is 43.5 Å². The summed E-state index contributed by atoms with van der Waals surface area (Å²) in [7, 11) is 0. The lowest BCUT2D eigenvalue weighted by Crippen LogP contribution is -2.18. The number of H-pyrrole nitrogens is 1. The number of carbonyl (C=O) groups is 1. The van der Waals surface area contributed by atoms with E-state index < -0.39 is 0 Å². The second kappa shape index (κ2) is 9.59. The van der Waals surface area contributed by atoms with Gasteiger partial charge < -0.3 is 15.0 Å². The molecule has 0 spiro atoms. The maximum atomic E-state index is 12.7. The molecule has 1 saturated heterocycles. The molecule has 1 aliphatic rings. The first-order valence-corrected chi connectivity index (χ1v) is 12.3. The second-order valence-corrected chi connectivity index (χ2v) is 9.40. The Hall–Kier alpha value is -2.81. The molecule has 1 unspecified atom stereocenters. The van der Waals surface area contributed by atoms with Gasteiger partial charge in [-0.25, -0.2) is 0 Å². The summed E-state index contributed by atoms with van der Waals surface area (Å²) in [6.07, 6.45) is 4.14. The van der Waals surface area contributed by atoms with Crippen LogP contribution in [0.1, 0.15) is 18.4 Å². The predicted octanol–water partition coefficient (Wildman–Crippen LogP) is 5.30. The molecule has 7 nitrogen and oxygen atoms in total. The lowest BCUT2D eigenvalue weighted by atomic mass is 10.1. The monoisotopic (exact) mass is 481 g/mol. The second-order valence-electron chi connectivity index (χ2n) is 8.05. The first kappa shape index (κ1) is 22.0. The van der Waals surface area contributed by atoms with E-state index in [9.17, 15) is 4.79 Å². The molecule has 2 aromatic heterocycles. The van der Waals surface area contributed by atoms with Gasteiger partial charge in [-0.15, -0.1) is 10.2 Å². The maximum Gasteiger partial charge on any atom is 0.234 e. The summed E-state index contributed by atoms with van der Waals surface area (Å²) < 4.78 is 7.96. The number of hydrogen-bond acceptors (Lipinski definition) is 5. The van der Waals surface area contributed by atoms with Crippen molar-refractivity contribution in [3.05, 3.63) is 59.2 Å². The highest BCUT2D eigenvalue weighted by Gasteiger charge is 2.23. The average molecular weight is 482 g/mol. The Kier molecular flexibility index (Phi) is 6.39. The highest BCUT2D eigenvalue weighted by Crippen LogP contribution is 2.31. The standard InChI is InChI=1S/C24H24ClN5O2S/c1-15-19(25)8-4-10-20(15)27-22(31)14-33-24-29-28-23(30(24)13-16-6-5-11-32-16)18-12-26-21-9-3-2-7-17(18)21/h2-4,7-10,12,16,26H,5-6,11,13-14H2,1H3,(H,27,31). The summed E-state index contributed by atoms with van der Waals surface area (Å²) in [5.41, 5.74) is 3.60. The van der Waals surface area contributed by atoms with Crippen molar-refractivity contribution in [2.45, 2.75) is 37.6 Å². The molecule has 1 amide bonds. The van der Waals surface area contributed by atoms with Gasteiger partial charge in [0.15, 0.2) is 11.0 Å². The van der Waals surface area contributed by atoms with Gasteiger partial charge >= 0.3 is 0 Å². The fraction of sp³-hybridized carbons (Fsp3) is 0.292. The van der Waals surface area contributed by atoms with Crippen LogP contribution in [0.15, 0.2) is 53.8 Å². The minimum absolute atomic E-state index is 0.118. The Morgan fingerprint density at radius 2 is 2.15 bits per heavy atom. The molecule has 1 atom stereocenters. The number of aromatic nitrogens is 4. The summed E-state index contributed by atoms with van der Waals surface area (Å²) in [5, 5.41) is 14.3. The van der Waals surface area contributed by atoms with E-state index in [1.165, 1.54) is 11.8 Å². The van der Waals surface area contributed by atoms with E-state index in [1.807, 2.05) is 43.5 Å². The molecule has 1 fully saturated rings. The topological polar surface area (TPSA) is 84.8 Å². The molecule has 4 aromatic rings. The maximum absolute atomic E-state index is 12.7. The fourth-order valence-electron chi connectivity index (χ4n) is 4.07. The number of amides is 1. The normalized spacial score (nSPS) is 15.9. The lowest BCUT2D eigenvalue weighted by molar-refractivity contribution is -0.113. The molecule has 170 valence electrons. The molecule has 0 saturated carbocycles. The number of carbonyl (C=O) groups excluding carboxylic acids is 1. The number of para-hydroxylation sites is 1. The van der Waals surface area contributed by atoms with Gasteiger partial charge in [0.05, 0.1) is 18.4 Å². The van der Waals surface area contributed by atoms with Crippen LogP contribution in [0, 0.1) is 6.92 Å². The van der Waals surface area contributed by atoms with Crippen LogP contribution in [0.4, 0.5) is 5.69 Å². The Bertz CT molecular complexity index is 1300. The predicted molar refractivity (Wildman–Crippen MR) is 132 cm³/mol. The summed E-state index contributed by atoms with van der Waals surface area (Å²) in [4.78, 5) is 16.0.